The average Bonchev–Trinajstić information content (AvgIpc) is 3.36. The summed E-state index contributed by atoms with van der Waals surface area (Å²) in [5.74, 6) is -5.40. The second-order valence-corrected chi connectivity index (χ2v) is 11.2. The zero-order valence-electron chi connectivity index (χ0n) is 26.6. The Morgan fingerprint density at radius 1 is 0.830 bits per heavy atom. The number of fused-ring (bicyclic) bond motifs is 3. The molecule has 0 heterocycles. The monoisotopic (exact) mass is 651 g/mol. The van der Waals surface area contributed by atoms with Crippen molar-refractivity contribution in [2.45, 2.75) is 70.5 Å². The second kappa shape index (κ2) is 17.5. The van der Waals surface area contributed by atoms with Crippen LogP contribution in [-0.2, 0) is 33.4 Å². The summed E-state index contributed by atoms with van der Waals surface area (Å²) in [5, 5.41) is 26.1. The molecule has 1 aliphatic carbocycles. The molecule has 0 saturated carbocycles. The van der Waals surface area contributed by atoms with Crippen molar-refractivity contribution in [2.75, 3.05) is 13.2 Å². The molecule has 0 spiro atoms. The van der Waals surface area contributed by atoms with Crippen LogP contribution in [0.5, 0.6) is 0 Å². The van der Waals surface area contributed by atoms with Crippen molar-refractivity contribution in [1.29, 1.82) is 0 Å². The minimum atomic E-state index is -1.36. The number of rotatable bonds is 17. The molecule has 2 aromatic rings. The van der Waals surface area contributed by atoms with Gasteiger partial charge in [-0.3, -0.25) is 19.2 Å². The maximum Gasteiger partial charge on any atom is 0.407 e. The molecule has 0 fully saturated rings. The summed E-state index contributed by atoms with van der Waals surface area (Å²) in [4.78, 5) is 74.3. The molecule has 2 aromatic carbocycles. The third kappa shape index (κ3) is 10.4. The Labute approximate surface area is 272 Å². The minimum absolute atomic E-state index is 0.0324. The lowest BCUT2D eigenvalue weighted by molar-refractivity contribution is -0.139. The number of amides is 3. The van der Waals surface area contributed by atoms with Gasteiger partial charge in [-0.1, -0.05) is 74.9 Å². The molecule has 3 amide bonds. The first kappa shape index (κ1) is 36.3. The SMILES string of the molecule is CCOC(=O)/C=C/[C@H](CC(=O)O)NC(=O)[C@H](NC(=O)[C@H](CCC(=O)O)NC(=O)OCC1c2ccccc2-c2ccccc21)C(C)CC. The summed E-state index contributed by atoms with van der Waals surface area (Å²) in [5.41, 5.74) is 4.05. The molecule has 3 rings (SSSR count). The Morgan fingerprint density at radius 2 is 1.45 bits per heavy atom. The number of hydrogen-bond acceptors (Lipinski definition) is 8. The molecule has 1 unspecified atom stereocenters. The number of ether oxygens (including phenoxy) is 2. The predicted octanol–water partition coefficient (Wildman–Crippen LogP) is 3.37. The van der Waals surface area contributed by atoms with Crippen molar-refractivity contribution < 1.29 is 48.5 Å². The van der Waals surface area contributed by atoms with Crippen molar-refractivity contribution in [2.24, 2.45) is 5.92 Å². The number of esters is 1. The Balaban J connectivity index is 1.72. The van der Waals surface area contributed by atoms with E-state index in [9.17, 15) is 39.0 Å². The van der Waals surface area contributed by atoms with Crippen LogP contribution in [0, 0.1) is 5.92 Å². The van der Waals surface area contributed by atoms with Gasteiger partial charge in [-0.15, -0.1) is 0 Å². The van der Waals surface area contributed by atoms with Gasteiger partial charge in [0.2, 0.25) is 11.8 Å². The van der Waals surface area contributed by atoms with E-state index in [0.29, 0.717) is 6.42 Å². The van der Waals surface area contributed by atoms with E-state index in [0.717, 1.165) is 28.3 Å². The third-order valence-electron chi connectivity index (χ3n) is 7.87. The average molecular weight is 652 g/mol. The topological polar surface area (TPSA) is 197 Å². The minimum Gasteiger partial charge on any atom is -0.481 e. The molecule has 13 heteroatoms. The number of nitrogens with one attached hydrogen (secondary N) is 3. The largest absolute Gasteiger partial charge is 0.481 e. The van der Waals surface area contributed by atoms with E-state index in [4.69, 9.17) is 9.47 Å². The highest BCUT2D eigenvalue weighted by Gasteiger charge is 2.33. The van der Waals surface area contributed by atoms with E-state index >= 15 is 0 Å². The molecule has 0 aliphatic heterocycles. The summed E-state index contributed by atoms with van der Waals surface area (Å²) in [6.07, 6.45) is 0.397. The Hall–Kier alpha value is -5.20. The van der Waals surface area contributed by atoms with Gasteiger partial charge >= 0.3 is 24.0 Å². The van der Waals surface area contributed by atoms with Gasteiger partial charge in [-0.05, 0) is 41.5 Å². The molecular weight excluding hydrogens is 610 g/mol. The fourth-order valence-corrected chi connectivity index (χ4v) is 5.29. The summed E-state index contributed by atoms with van der Waals surface area (Å²) in [7, 11) is 0. The number of aliphatic carboxylic acids is 2. The Bertz CT molecular complexity index is 1440. The van der Waals surface area contributed by atoms with Crippen molar-refractivity contribution in [3.05, 3.63) is 71.8 Å². The smallest absolute Gasteiger partial charge is 0.407 e. The number of carbonyl (C=O) groups excluding carboxylic acids is 4. The van der Waals surface area contributed by atoms with Gasteiger partial charge in [0.05, 0.1) is 19.1 Å². The van der Waals surface area contributed by atoms with E-state index in [1.807, 2.05) is 48.5 Å². The maximum absolute atomic E-state index is 13.4. The Morgan fingerprint density at radius 3 is 2.00 bits per heavy atom. The lowest BCUT2D eigenvalue weighted by Gasteiger charge is -2.27. The highest BCUT2D eigenvalue weighted by Crippen LogP contribution is 2.44. The van der Waals surface area contributed by atoms with Crippen molar-refractivity contribution in [3.63, 3.8) is 0 Å². The van der Waals surface area contributed by atoms with Gasteiger partial charge in [0.15, 0.2) is 0 Å². The molecule has 0 aromatic heterocycles. The highest BCUT2D eigenvalue weighted by atomic mass is 16.5. The van der Waals surface area contributed by atoms with Crippen LogP contribution >= 0.6 is 0 Å². The van der Waals surface area contributed by atoms with E-state index in [2.05, 4.69) is 16.0 Å². The van der Waals surface area contributed by atoms with Crippen molar-refractivity contribution in [1.82, 2.24) is 16.0 Å². The predicted molar refractivity (Wildman–Crippen MR) is 170 cm³/mol. The van der Waals surface area contributed by atoms with E-state index in [1.54, 1.807) is 20.8 Å². The lowest BCUT2D eigenvalue weighted by atomic mass is 9.97. The quantitative estimate of drug-likeness (QED) is 0.125. The molecule has 0 saturated heterocycles. The van der Waals surface area contributed by atoms with Gasteiger partial charge in [0.1, 0.15) is 18.7 Å². The van der Waals surface area contributed by atoms with Crippen molar-refractivity contribution >= 4 is 35.8 Å². The highest BCUT2D eigenvalue weighted by molar-refractivity contribution is 5.92. The molecule has 13 nitrogen and oxygen atoms in total. The lowest BCUT2D eigenvalue weighted by Crippen LogP contribution is -2.57. The maximum atomic E-state index is 13.4. The molecule has 47 heavy (non-hydrogen) atoms. The molecular formula is C34H41N3O10. The van der Waals surface area contributed by atoms with Gasteiger partial charge in [-0.2, -0.15) is 0 Å². The standard InChI is InChI=1S/C34H41N3O10/c1-4-20(3)31(33(44)35-21(18-29(40)41)14-17-30(42)46-5-2)37-32(43)27(15-16-28(38)39)36-34(45)47-19-26-24-12-8-6-10-22(24)23-11-7-9-13-25(23)26/h6-14,17,20-21,26-27,31H,4-5,15-16,18-19H2,1-3H3,(H,35,44)(H,36,45)(H,37,43)(H,38,39)(H,40,41)/b17-14+/t20?,21-,27+,31-/m1/s1. The van der Waals surface area contributed by atoms with Crippen LogP contribution in [0.4, 0.5) is 4.79 Å². The van der Waals surface area contributed by atoms with Crippen LogP contribution in [0.2, 0.25) is 0 Å². The van der Waals surface area contributed by atoms with Crippen molar-refractivity contribution in [3.8, 4) is 11.1 Å². The molecule has 0 bridgehead atoms. The number of alkyl carbamates (subject to hydrolysis) is 1. The first-order chi connectivity index (χ1) is 22.4. The summed E-state index contributed by atoms with van der Waals surface area (Å²) < 4.78 is 10.3. The van der Waals surface area contributed by atoms with Gasteiger partial charge in [-0.25, -0.2) is 9.59 Å². The van der Waals surface area contributed by atoms with Crippen LogP contribution in [0.1, 0.15) is 63.5 Å². The van der Waals surface area contributed by atoms with Crippen LogP contribution in [0.25, 0.3) is 11.1 Å². The van der Waals surface area contributed by atoms with Gasteiger partial charge in [0, 0.05) is 18.4 Å². The molecule has 5 N–H and O–H groups in total. The Kier molecular flexibility index (Phi) is 13.5. The van der Waals surface area contributed by atoms with Crippen LogP contribution in [0.3, 0.4) is 0 Å². The summed E-state index contributed by atoms with van der Waals surface area (Å²) >= 11 is 0. The van der Waals surface area contributed by atoms with E-state index in [-0.39, 0.29) is 25.6 Å². The fraction of sp³-hybridized carbons (Fsp3) is 0.412. The number of carboxylic acid groups (broad SMARTS) is 2. The first-order valence-corrected chi connectivity index (χ1v) is 15.5. The first-order valence-electron chi connectivity index (χ1n) is 15.5. The molecule has 0 radical (unpaired) electrons. The van der Waals surface area contributed by atoms with Crippen LogP contribution in [-0.4, -0.2) is 77.4 Å². The second-order valence-electron chi connectivity index (χ2n) is 11.2. The van der Waals surface area contributed by atoms with E-state index in [1.165, 1.54) is 6.08 Å². The normalized spacial score (nSPS) is 14.5. The van der Waals surface area contributed by atoms with Gasteiger partial charge < -0.3 is 35.6 Å². The number of hydrogen-bond donors (Lipinski definition) is 5. The number of carboxylic acids is 2. The zero-order chi connectivity index (χ0) is 34.5. The number of benzene rings is 2. The molecule has 4 atom stereocenters. The molecule has 252 valence electrons. The van der Waals surface area contributed by atoms with Crippen LogP contribution < -0.4 is 16.0 Å². The molecule has 1 aliphatic rings. The number of carbonyl (C=O) groups is 6. The van der Waals surface area contributed by atoms with E-state index < -0.39 is 72.7 Å². The van der Waals surface area contributed by atoms with Crippen LogP contribution in [0.15, 0.2) is 60.7 Å². The van der Waals surface area contributed by atoms with Gasteiger partial charge in [0.25, 0.3) is 0 Å². The third-order valence-corrected chi connectivity index (χ3v) is 7.87. The summed E-state index contributed by atoms with van der Waals surface area (Å²) in [6, 6.07) is 11.9. The summed E-state index contributed by atoms with van der Waals surface area (Å²) in [6.45, 7) is 5.15. The fourth-order valence-electron chi connectivity index (χ4n) is 5.29. The zero-order valence-corrected chi connectivity index (χ0v) is 26.6.